The van der Waals surface area contributed by atoms with Gasteiger partial charge in [-0.1, -0.05) is 30.3 Å². The maximum atomic E-state index is 11.9. The number of carbonyl (C=O) groups is 3. The van der Waals surface area contributed by atoms with Crippen molar-refractivity contribution in [3.05, 3.63) is 35.9 Å². The van der Waals surface area contributed by atoms with E-state index in [4.69, 9.17) is 5.11 Å². The SMILES string of the molecule is O=C(Cc1ccccc1)NCCC(=O)N1CCC(C(=O)O)C1. The molecule has 22 heavy (non-hydrogen) atoms. The minimum atomic E-state index is -0.855. The number of carboxylic acids is 1. The van der Waals surface area contributed by atoms with Gasteiger partial charge in [-0.15, -0.1) is 0 Å². The van der Waals surface area contributed by atoms with Crippen molar-refractivity contribution in [2.45, 2.75) is 19.3 Å². The number of nitrogens with one attached hydrogen (secondary N) is 1. The number of hydrogen-bond donors (Lipinski definition) is 2. The fourth-order valence-electron chi connectivity index (χ4n) is 2.50. The van der Waals surface area contributed by atoms with Crippen LogP contribution in [-0.4, -0.2) is 47.4 Å². The van der Waals surface area contributed by atoms with Gasteiger partial charge in [-0.05, 0) is 12.0 Å². The van der Waals surface area contributed by atoms with Gasteiger partial charge in [0.05, 0.1) is 12.3 Å². The Hall–Kier alpha value is -2.37. The maximum Gasteiger partial charge on any atom is 0.308 e. The van der Waals surface area contributed by atoms with Crippen LogP contribution >= 0.6 is 0 Å². The number of carboxylic acid groups (broad SMARTS) is 1. The Morgan fingerprint density at radius 3 is 2.59 bits per heavy atom. The Balaban J connectivity index is 1.67. The molecule has 0 aliphatic carbocycles. The van der Waals surface area contributed by atoms with E-state index in [0.29, 0.717) is 19.4 Å². The molecule has 0 aromatic heterocycles. The predicted molar refractivity (Wildman–Crippen MR) is 80.1 cm³/mol. The van der Waals surface area contributed by atoms with E-state index in [-0.39, 0.29) is 31.3 Å². The topological polar surface area (TPSA) is 86.7 Å². The molecule has 6 heteroatoms. The van der Waals surface area contributed by atoms with Crippen molar-refractivity contribution >= 4 is 17.8 Å². The third kappa shape index (κ3) is 4.58. The van der Waals surface area contributed by atoms with Gasteiger partial charge in [0.2, 0.25) is 11.8 Å². The van der Waals surface area contributed by atoms with E-state index >= 15 is 0 Å². The Kier molecular flexibility index (Phi) is 5.52. The highest BCUT2D eigenvalue weighted by atomic mass is 16.4. The number of amides is 2. The molecule has 0 spiro atoms. The van der Waals surface area contributed by atoms with Gasteiger partial charge in [0.15, 0.2) is 0 Å². The second kappa shape index (κ2) is 7.59. The molecule has 2 N–H and O–H groups in total. The van der Waals surface area contributed by atoms with Crippen molar-refractivity contribution < 1.29 is 19.5 Å². The summed E-state index contributed by atoms with van der Waals surface area (Å²) in [6, 6.07) is 9.39. The largest absolute Gasteiger partial charge is 0.481 e. The standard InChI is InChI=1S/C16H20N2O4/c19-14(10-12-4-2-1-3-5-12)17-8-6-15(20)18-9-7-13(11-18)16(21)22/h1-5,13H,6-11H2,(H,17,19)(H,21,22). The zero-order chi connectivity index (χ0) is 15.9. The summed E-state index contributed by atoms with van der Waals surface area (Å²) in [6.07, 6.45) is 0.994. The average molecular weight is 304 g/mol. The Morgan fingerprint density at radius 2 is 1.95 bits per heavy atom. The summed E-state index contributed by atoms with van der Waals surface area (Å²) >= 11 is 0. The van der Waals surface area contributed by atoms with Crippen LogP contribution in [0.5, 0.6) is 0 Å². The lowest BCUT2D eigenvalue weighted by Crippen LogP contribution is -2.34. The highest BCUT2D eigenvalue weighted by Gasteiger charge is 2.30. The van der Waals surface area contributed by atoms with Crippen molar-refractivity contribution in [2.75, 3.05) is 19.6 Å². The summed E-state index contributed by atoms with van der Waals surface area (Å²) < 4.78 is 0. The lowest BCUT2D eigenvalue weighted by atomic mass is 10.1. The van der Waals surface area contributed by atoms with Crippen LogP contribution in [-0.2, 0) is 20.8 Å². The monoisotopic (exact) mass is 304 g/mol. The zero-order valence-corrected chi connectivity index (χ0v) is 12.3. The van der Waals surface area contributed by atoms with Gasteiger partial charge in [0, 0.05) is 26.1 Å². The molecule has 1 atom stereocenters. The highest BCUT2D eigenvalue weighted by molar-refractivity contribution is 5.81. The number of nitrogens with zero attached hydrogens (tertiary/aromatic N) is 1. The van der Waals surface area contributed by atoms with Crippen LogP contribution in [0.1, 0.15) is 18.4 Å². The molecule has 1 unspecified atom stereocenters. The van der Waals surface area contributed by atoms with E-state index in [0.717, 1.165) is 5.56 Å². The van der Waals surface area contributed by atoms with Crippen molar-refractivity contribution in [1.82, 2.24) is 10.2 Å². The van der Waals surface area contributed by atoms with Gasteiger partial charge in [0.25, 0.3) is 0 Å². The highest BCUT2D eigenvalue weighted by Crippen LogP contribution is 2.16. The molecule has 0 saturated carbocycles. The van der Waals surface area contributed by atoms with Gasteiger partial charge in [0.1, 0.15) is 0 Å². The quantitative estimate of drug-likeness (QED) is 0.808. The molecule has 118 valence electrons. The summed E-state index contributed by atoms with van der Waals surface area (Å²) in [6.45, 7) is 1.03. The summed E-state index contributed by atoms with van der Waals surface area (Å²) in [5.74, 6) is -1.55. The first-order valence-electron chi connectivity index (χ1n) is 7.37. The molecule has 6 nitrogen and oxygen atoms in total. The zero-order valence-electron chi connectivity index (χ0n) is 12.3. The summed E-state index contributed by atoms with van der Waals surface area (Å²) in [5, 5.41) is 11.6. The molecule has 1 fully saturated rings. The molecule has 1 aliphatic heterocycles. The Labute approximate surface area is 129 Å². The summed E-state index contributed by atoms with van der Waals surface area (Å²) in [4.78, 5) is 36.1. The third-order valence-corrected chi connectivity index (χ3v) is 3.76. The second-order valence-corrected chi connectivity index (χ2v) is 5.43. The fourth-order valence-corrected chi connectivity index (χ4v) is 2.50. The number of likely N-dealkylation sites (tertiary alicyclic amines) is 1. The van der Waals surface area contributed by atoms with Gasteiger partial charge in [-0.25, -0.2) is 0 Å². The molecular weight excluding hydrogens is 284 g/mol. The first kappa shape index (κ1) is 16.0. The van der Waals surface area contributed by atoms with Crippen LogP contribution in [0.25, 0.3) is 0 Å². The van der Waals surface area contributed by atoms with Crippen molar-refractivity contribution in [3.8, 4) is 0 Å². The van der Waals surface area contributed by atoms with Crippen molar-refractivity contribution in [3.63, 3.8) is 0 Å². The average Bonchev–Trinajstić information content (AvgIpc) is 2.98. The number of benzene rings is 1. The smallest absolute Gasteiger partial charge is 0.308 e. The Bertz CT molecular complexity index is 544. The van der Waals surface area contributed by atoms with Gasteiger partial charge < -0.3 is 15.3 Å². The second-order valence-electron chi connectivity index (χ2n) is 5.43. The van der Waals surface area contributed by atoms with E-state index < -0.39 is 11.9 Å². The molecule has 0 radical (unpaired) electrons. The van der Waals surface area contributed by atoms with Crippen LogP contribution in [0.3, 0.4) is 0 Å². The number of rotatable bonds is 6. The number of hydrogen-bond acceptors (Lipinski definition) is 3. The minimum Gasteiger partial charge on any atom is -0.481 e. The van der Waals surface area contributed by atoms with E-state index in [2.05, 4.69) is 5.32 Å². The Morgan fingerprint density at radius 1 is 1.23 bits per heavy atom. The summed E-state index contributed by atoms with van der Waals surface area (Å²) in [7, 11) is 0. The first-order valence-corrected chi connectivity index (χ1v) is 7.37. The third-order valence-electron chi connectivity index (χ3n) is 3.76. The van der Waals surface area contributed by atoms with Gasteiger partial charge >= 0.3 is 5.97 Å². The minimum absolute atomic E-state index is 0.108. The molecule has 1 saturated heterocycles. The molecule has 1 heterocycles. The van der Waals surface area contributed by atoms with Crippen LogP contribution in [0.15, 0.2) is 30.3 Å². The lowest BCUT2D eigenvalue weighted by Gasteiger charge is -2.15. The fraction of sp³-hybridized carbons (Fsp3) is 0.438. The molecule has 2 rings (SSSR count). The molecule has 2 amide bonds. The normalized spacial score (nSPS) is 17.3. The number of carbonyl (C=O) groups excluding carboxylic acids is 2. The van der Waals surface area contributed by atoms with Crippen LogP contribution in [0.2, 0.25) is 0 Å². The maximum absolute atomic E-state index is 11.9. The van der Waals surface area contributed by atoms with Crippen LogP contribution in [0, 0.1) is 5.92 Å². The van der Waals surface area contributed by atoms with Crippen LogP contribution in [0.4, 0.5) is 0 Å². The van der Waals surface area contributed by atoms with Gasteiger partial charge in [-0.2, -0.15) is 0 Å². The van der Waals surface area contributed by atoms with E-state index in [1.807, 2.05) is 30.3 Å². The molecule has 1 aliphatic rings. The van der Waals surface area contributed by atoms with E-state index in [9.17, 15) is 14.4 Å². The lowest BCUT2D eigenvalue weighted by molar-refractivity contribution is -0.141. The van der Waals surface area contributed by atoms with Crippen LogP contribution < -0.4 is 5.32 Å². The first-order chi connectivity index (χ1) is 10.6. The van der Waals surface area contributed by atoms with Crippen molar-refractivity contribution in [1.29, 1.82) is 0 Å². The molecule has 1 aromatic rings. The number of aliphatic carboxylic acids is 1. The predicted octanol–water partition coefficient (Wildman–Crippen LogP) is 0.668. The molecule has 0 bridgehead atoms. The molecular formula is C16H20N2O4. The van der Waals surface area contributed by atoms with Gasteiger partial charge in [-0.3, -0.25) is 14.4 Å². The van der Waals surface area contributed by atoms with E-state index in [1.54, 1.807) is 4.90 Å². The van der Waals surface area contributed by atoms with Crippen molar-refractivity contribution in [2.24, 2.45) is 5.92 Å². The summed E-state index contributed by atoms with van der Waals surface area (Å²) in [5.41, 5.74) is 0.926. The van der Waals surface area contributed by atoms with E-state index in [1.165, 1.54) is 0 Å². The molecule has 1 aromatic carbocycles.